The molecule has 110 valence electrons. The lowest BCUT2D eigenvalue weighted by Gasteiger charge is -2.10. The molecule has 0 amide bonds. The van der Waals surface area contributed by atoms with Gasteiger partial charge in [-0.25, -0.2) is 0 Å². The first-order valence-electron chi connectivity index (χ1n) is 6.26. The molecule has 1 atom stereocenters. The highest BCUT2D eigenvalue weighted by molar-refractivity contribution is 6.38. The molecule has 0 aliphatic carbocycles. The first-order chi connectivity index (χ1) is 10.6. The summed E-state index contributed by atoms with van der Waals surface area (Å²) >= 11 is 18.7. The standard InChI is InChI=1S/C13H7Cl3N6/c14-6-3-1-5(2-4-6)12-20-21-13-8(15)9-7(10(16)22(12)13)11(17)19-18-9/h1-4,11H,17H2. The summed E-state index contributed by atoms with van der Waals surface area (Å²) in [4.78, 5) is 0. The Hall–Kier alpha value is -1.73. The van der Waals surface area contributed by atoms with Gasteiger partial charge in [0.2, 0.25) is 0 Å². The molecular weight excluding hydrogens is 347 g/mol. The van der Waals surface area contributed by atoms with E-state index in [0.29, 0.717) is 37.9 Å². The van der Waals surface area contributed by atoms with Gasteiger partial charge in [0.1, 0.15) is 22.0 Å². The summed E-state index contributed by atoms with van der Waals surface area (Å²) in [7, 11) is 0. The zero-order valence-corrected chi connectivity index (χ0v) is 13.1. The predicted molar refractivity (Wildman–Crippen MR) is 84.9 cm³/mol. The van der Waals surface area contributed by atoms with Crippen molar-refractivity contribution >= 4 is 46.1 Å². The average molecular weight is 354 g/mol. The van der Waals surface area contributed by atoms with E-state index in [1.54, 1.807) is 16.5 Å². The molecule has 4 rings (SSSR count). The number of halogens is 3. The second kappa shape index (κ2) is 4.89. The Balaban J connectivity index is 2.06. The van der Waals surface area contributed by atoms with Crippen LogP contribution in [0.5, 0.6) is 0 Å². The van der Waals surface area contributed by atoms with Crippen LogP contribution in [0.25, 0.3) is 17.0 Å². The molecule has 2 N–H and O–H groups in total. The number of benzene rings is 1. The van der Waals surface area contributed by atoms with E-state index < -0.39 is 6.17 Å². The number of azo groups is 1. The smallest absolute Gasteiger partial charge is 0.183 e. The van der Waals surface area contributed by atoms with Crippen LogP contribution in [-0.4, -0.2) is 14.6 Å². The molecule has 6 nitrogen and oxygen atoms in total. The molecule has 0 bridgehead atoms. The largest absolute Gasteiger partial charge is 0.304 e. The van der Waals surface area contributed by atoms with Crippen LogP contribution in [0.15, 0.2) is 34.5 Å². The van der Waals surface area contributed by atoms with Crippen molar-refractivity contribution in [1.82, 2.24) is 14.6 Å². The maximum atomic E-state index is 6.48. The van der Waals surface area contributed by atoms with E-state index in [2.05, 4.69) is 20.4 Å². The molecule has 0 radical (unpaired) electrons. The number of fused-ring (bicyclic) bond motifs is 2. The summed E-state index contributed by atoms with van der Waals surface area (Å²) < 4.78 is 1.64. The first kappa shape index (κ1) is 13.9. The number of rotatable bonds is 1. The van der Waals surface area contributed by atoms with Gasteiger partial charge in [-0.05, 0) is 24.3 Å². The number of aromatic nitrogens is 3. The van der Waals surface area contributed by atoms with Crippen molar-refractivity contribution in [2.45, 2.75) is 6.17 Å². The minimum atomic E-state index is -0.648. The van der Waals surface area contributed by atoms with E-state index in [1.807, 2.05) is 12.1 Å². The van der Waals surface area contributed by atoms with Crippen LogP contribution in [-0.2, 0) is 0 Å². The summed E-state index contributed by atoms with van der Waals surface area (Å²) in [5.74, 6) is 0.542. The van der Waals surface area contributed by atoms with Gasteiger partial charge in [0.25, 0.3) is 0 Å². The fraction of sp³-hybridized carbons (Fsp3) is 0.0769. The van der Waals surface area contributed by atoms with Gasteiger partial charge in [0, 0.05) is 10.6 Å². The minimum absolute atomic E-state index is 0.323. The summed E-state index contributed by atoms with van der Waals surface area (Å²) in [5, 5.41) is 17.4. The minimum Gasteiger partial charge on any atom is -0.304 e. The number of nitrogens with two attached hydrogens (primary N) is 1. The van der Waals surface area contributed by atoms with Crippen LogP contribution < -0.4 is 5.73 Å². The molecule has 22 heavy (non-hydrogen) atoms. The molecule has 3 heterocycles. The lowest BCUT2D eigenvalue weighted by molar-refractivity contribution is 0.764. The van der Waals surface area contributed by atoms with Crippen LogP contribution in [0.4, 0.5) is 5.69 Å². The molecule has 9 heteroatoms. The van der Waals surface area contributed by atoms with E-state index in [4.69, 9.17) is 40.5 Å². The molecule has 1 aliphatic heterocycles. The highest BCUT2D eigenvalue weighted by Crippen LogP contribution is 2.45. The van der Waals surface area contributed by atoms with E-state index in [1.165, 1.54) is 0 Å². The maximum absolute atomic E-state index is 6.48. The Labute approximate surface area is 139 Å². The second-order valence-corrected chi connectivity index (χ2v) is 5.89. The molecule has 1 aromatic carbocycles. The van der Waals surface area contributed by atoms with E-state index >= 15 is 0 Å². The highest BCUT2D eigenvalue weighted by atomic mass is 35.5. The Morgan fingerprint density at radius 3 is 2.50 bits per heavy atom. The van der Waals surface area contributed by atoms with Gasteiger partial charge in [0.15, 0.2) is 11.5 Å². The second-order valence-electron chi connectivity index (χ2n) is 4.72. The van der Waals surface area contributed by atoms with E-state index in [9.17, 15) is 0 Å². The summed E-state index contributed by atoms with van der Waals surface area (Å²) in [5.41, 5.74) is 8.13. The lowest BCUT2D eigenvalue weighted by Crippen LogP contribution is -2.07. The number of nitrogens with zero attached hydrogens (tertiary/aromatic N) is 5. The van der Waals surface area contributed by atoms with Crippen molar-refractivity contribution in [3.05, 3.63) is 45.0 Å². The fourth-order valence-electron chi connectivity index (χ4n) is 2.38. The third-order valence-corrected chi connectivity index (χ3v) is 4.39. The van der Waals surface area contributed by atoms with Gasteiger partial charge in [-0.3, -0.25) is 4.40 Å². The SMILES string of the molecule is NC1N=Nc2c1c(Cl)n1c(-c3ccc(Cl)cc3)nnc1c2Cl. The van der Waals surface area contributed by atoms with Gasteiger partial charge in [-0.1, -0.05) is 34.8 Å². The first-order valence-corrected chi connectivity index (χ1v) is 7.39. The van der Waals surface area contributed by atoms with Crippen molar-refractivity contribution < 1.29 is 0 Å². The van der Waals surface area contributed by atoms with Gasteiger partial charge < -0.3 is 5.73 Å². The van der Waals surface area contributed by atoms with E-state index in [0.717, 1.165) is 5.56 Å². The molecule has 2 aromatic heterocycles. The molecule has 3 aromatic rings. The summed E-state index contributed by atoms with van der Waals surface area (Å²) in [6.07, 6.45) is -0.648. The van der Waals surface area contributed by atoms with E-state index in [-0.39, 0.29) is 0 Å². The zero-order valence-electron chi connectivity index (χ0n) is 10.8. The van der Waals surface area contributed by atoms with Crippen molar-refractivity contribution in [3.63, 3.8) is 0 Å². The van der Waals surface area contributed by atoms with Gasteiger partial charge in [0.05, 0.1) is 5.56 Å². The molecule has 0 spiro atoms. The van der Waals surface area contributed by atoms with Gasteiger partial charge in [-0.15, -0.1) is 10.2 Å². The Kier molecular flexibility index (Phi) is 3.09. The zero-order chi connectivity index (χ0) is 15.4. The van der Waals surface area contributed by atoms with Crippen LogP contribution in [0.2, 0.25) is 15.2 Å². The molecule has 0 fully saturated rings. The average Bonchev–Trinajstić information content (AvgIpc) is 3.10. The normalized spacial score (nSPS) is 16.5. The quantitative estimate of drug-likeness (QED) is 0.658. The number of hydrogen-bond donors (Lipinski definition) is 1. The van der Waals surface area contributed by atoms with Crippen LogP contribution in [0, 0.1) is 0 Å². The van der Waals surface area contributed by atoms with Gasteiger partial charge >= 0.3 is 0 Å². The van der Waals surface area contributed by atoms with Crippen molar-refractivity contribution in [3.8, 4) is 11.4 Å². The van der Waals surface area contributed by atoms with Crippen molar-refractivity contribution in [2.75, 3.05) is 0 Å². The number of pyridine rings is 1. The van der Waals surface area contributed by atoms with Crippen LogP contribution in [0.3, 0.4) is 0 Å². The third-order valence-electron chi connectivity index (χ3n) is 3.42. The van der Waals surface area contributed by atoms with Crippen LogP contribution in [0.1, 0.15) is 11.7 Å². The monoisotopic (exact) mass is 352 g/mol. The van der Waals surface area contributed by atoms with Gasteiger partial charge in [-0.2, -0.15) is 10.2 Å². The maximum Gasteiger partial charge on any atom is 0.183 e. The molecule has 1 unspecified atom stereocenters. The third kappa shape index (κ3) is 1.85. The Morgan fingerprint density at radius 1 is 1.05 bits per heavy atom. The molecule has 0 saturated carbocycles. The summed E-state index contributed by atoms with van der Waals surface area (Å²) in [6, 6.07) is 7.17. The fourth-order valence-corrected chi connectivity index (χ4v) is 3.13. The topological polar surface area (TPSA) is 80.9 Å². The molecular formula is C13H7Cl3N6. The molecule has 1 aliphatic rings. The molecule has 0 saturated heterocycles. The lowest BCUT2D eigenvalue weighted by atomic mass is 10.2. The van der Waals surface area contributed by atoms with Crippen molar-refractivity contribution in [2.24, 2.45) is 16.0 Å². The summed E-state index contributed by atoms with van der Waals surface area (Å²) in [6.45, 7) is 0. The van der Waals surface area contributed by atoms with Crippen LogP contribution >= 0.6 is 34.8 Å². The Morgan fingerprint density at radius 2 is 1.77 bits per heavy atom. The number of hydrogen-bond acceptors (Lipinski definition) is 5. The van der Waals surface area contributed by atoms with Crippen molar-refractivity contribution in [1.29, 1.82) is 0 Å². The highest BCUT2D eigenvalue weighted by Gasteiger charge is 2.29. The Bertz CT molecular complexity index is 931. The predicted octanol–water partition coefficient (Wildman–Crippen LogP) is 4.41.